The normalized spacial score (nSPS) is 14.6. The van der Waals surface area contributed by atoms with Crippen LogP contribution in [0.15, 0.2) is 39.1 Å². The van der Waals surface area contributed by atoms with Gasteiger partial charge in [-0.3, -0.25) is 4.99 Å². The van der Waals surface area contributed by atoms with Crippen molar-refractivity contribution in [3.63, 3.8) is 0 Å². The highest BCUT2D eigenvalue weighted by Crippen LogP contribution is 2.11. The van der Waals surface area contributed by atoms with E-state index in [1.807, 2.05) is 12.1 Å². The minimum atomic E-state index is -3.44. The summed E-state index contributed by atoms with van der Waals surface area (Å²) in [6.45, 7) is 3.01. The summed E-state index contributed by atoms with van der Waals surface area (Å²) in [6.07, 6.45) is 4.25. The Hall–Kier alpha value is -1.53. The summed E-state index contributed by atoms with van der Waals surface area (Å²) in [5.74, 6) is 0.700. The Morgan fingerprint density at radius 1 is 1.20 bits per heavy atom. The molecule has 5 nitrogen and oxygen atoms in total. The summed E-state index contributed by atoms with van der Waals surface area (Å²) >= 11 is 0. The van der Waals surface area contributed by atoms with Crippen molar-refractivity contribution in [2.75, 3.05) is 13.1 Å². The largest absolute Gasteiger partial charge is 0.265 e. The lowest BCUT2D eigenvalue weighted by atomic mass is 10.1. The average Bonchev–Trinajstić information content (AvgIpc) is 2.93. The molecule has 0 fully saturated rings. The minimum absolute atomic E-state index is 0.300. The Bertz CT molecular complexity index is 604. The van der Waals surface area contributed by atoms with Crippen LogP contribution in [0.2, 0.25) is 0 Å². The van der Waals surface area contributed by atoms with Crippen molar-refractivity contribution >= 4 is 22.1 Å². The van der Waals surface area contributed by atoms with Crippen molar-refractivity contribution in [3.05, 3.63) is 29.8 Å². The number of aryl methyl sites for hydroxylation is 1. The number of aliphatic imine (C=N–C) groups is 2. The number of hydrogen-bond acceptors (Lipinski definition) is 4. The van der Waals surface area contributed by atoms with E-state index in [1.54, 1.807) is 18.3 Å². The second-order valence-electron chi connectivity index (χ2n) is 4.61. The summed E-state index contributed by atoms with van der Waals surface area (Å²) in [4.78, 5) is 8.47. The molecule has 0 unspecified atom stereocenters. The van der Waals surface area contributed by atoms with Crippen LogP contribution < -0.4 is 4.72 Å². The Labute approximate surface area is 119 Å². The molecule has 6 heteroatoms. The van der Waals surface area contributed by atoms with Crippen LogP contribution in [-0.2, 0) is 16.4 Å². The van der Waals surface area contributed by atoms with E-state index in [-0.39, 0.29) is 0 Å². The van der Waals surface area contributed by atoms with Crippen molar-refractivity contribution in [1.82, 2.24) is 4.72 Å². The third kappa shape index (κ3) is 3.98. The maximum Gasteiger partial charge on any atom is 0.240 e. The Morgan fingerprint density at radius 2 is 1.95 bits per heavy atom. The molecule has 0 saturated heterocycles. The molecule has 1 heterocycles. The van der Waals surface area contributed by atoms with Gasteiger partial charge < -0.3 is 0 Å². The lowest BCUT2D eigenvalue weighted by molar-refractivity contribution is 0.582. The van der Waals surface area contributed by atoms with E-state index in [1.165, 1.54) is 0 Å². The first-order chi connectivity index (χ1) is 9.62. The molecule has 1 aliphatic rings. The fourth-order valence-corrected chi connectivity index (χ4v) is 3.01. The zero-order valence-corrected chi connectivity index (χ0v) is 12.4. The van der Waals surface area contributed by atoms with Crippen LogP contribution in [0, 0.1) is 0 Å². The molecule has 1 aliphatic heterocycles. The Morgan fingerprint density at radius 3 is 2.55 bits per heavy atom. The lowest BCUT2D eigenvalue weighted by Gasteiger charge is -2.07. The van der Waals surface area contributed by atoms with Crippen molar-refractivity contribution < 1.29 is 8.42 Å². The van der Waals surface area contributed by atoms with Gasteiger partial charge in [-0.2, -0.15) is 0 Å². The zero-order valence-electron chi connectivity index (χ0n) is 11.5. The summed E-state index contributed by atoms with van der Waals surface area (Å²) in [5.41, 5.74) is 1.15. The highest BCUT2D eigenvalue weighted by atomic mass is 32.2. The smallest absolute Gasteiger partial charge is 0.240 e. The predicted octanol–water partition coefficient (Wildman–Crippen LogP) is 1.79. The molecule has 0 spiro atoms. The van der Waals surface area contributed by atoms with Gasteiger partial charge in [0.2, 0.25) is 10.0 Å². The number of sulfonamides is 1. The number of benzene rings is 1. The van der Waals surface area contributed by atoms with Crippen LogP contribution in [0.1, 0.15) is 25.3 Å². The van der Waals surface area contributed by atoms with E-state index in [4.69, 9.17) is 0 Å². The fourth-order valence-electron chi connectivity index (χ4n) is 1.98. The van der Waals surface area contributed by atoms with Crippen LogP contribution in [0.4, 0.5) is 0 Å². The van der Waals surface area contributed by atoms with Gasteiger partial charge in [0.15, 0.2) is 0 Å². The first-order valence-corrected chi connectivity index (χ1v) is 8.24. The third-order valence-corrected chi connectivity index (χ3v) is 4.49. The standard InChI is InChI=1S/C14H19N3O2S/c1-2-3-12-4-6-13(7-5-12)20(18,19)17-9-8-14-15-10-11-16-14/h4-7,10,17H,2-3,8-9,11H2,1H3. The van der Waals surface area contributed by atoms with Crippen LogP contribution >= 0.6 is 0 Å². The van der Waals surface area contributed by atoms with Gasteiger partial charge in [0.05, 0.1) is 11.4 Å². The van der Waals surface area contributed by atoms with Gasteiger partial charge in [-0.25, -0.2) is 18.1 Å². The molecular weight excluding hydrogens is 274 g/mol. The number of nitrogens with zero attached hydrogens (tertiary/aromatic N) is 2. The van der Waals surface area contributed by atoms with Crippen molar-refractivity contribution in [2.24, 2.45) is 9.98 Å². The molecule has 0 bridgehead atoms. The zero-order chi connectivity index (χ0) is 14.4. The van der Waals surface area contributed by atoms with Gasteiger partial charge >= 0.3 is 0 Å². The molecule has 20 heavy (non-hydrogen) atoms. The monoisotopic (exact) mass is 293 g/mol. The van der Waals surface area contributed by atoms with E-state index >= 15 is 0 Å². The number of nitrogens with one attached hydrogen (secondary N) is 1. The summed E-state index contributed by atoms with van der Waals surface area (Å²) < 4.78 is 26.7. The quantitative estimate of drug-likeness (QED) is 0.832. The van der Waals surface area contributed by atoms with Crippen molar-refractivity contribution in [2.45, 2.75) is 31.1 Å². The van der Waals surface area contributed by atoms with Crippen LogP contribution in [0.3, 0.4) is 0 Å². The highest BCUT2D eigenvalue weighted by molar-refractivity contribution is 7.89. The van der Waals surface area contributed by atoms with Crippen LogP contribution in [0.25, 0.3) is 0 Å². The topological polar surface area (TPSA) is 70.9 Å². The molecule has 1 aromatic rings. The van der Waals surface area contributed by atoms with Gasteiger partial charge in [-0.15, -0.1) is 0 Å². The van der Waals surface area contributed by atoms with Gasteiger partial charge in [0.25, 0.3) is 0 Å². The van der Waals surface area contributed by atoms with E-state index in [9.17, 15) is 8.42 Å². The number of hydrogen-bond donors (Lipinski definition) is 1. The molecule has 0 radical (unpaired) electrons. The Kier molecular flexibility index (Phi) is 5.03. The van der Waals surface area contributed by atoms with E-state index < -0.39 is 10.0 Å². The number of rotatable bonds is 7. The molecule has 1 aromatic carbocycles. The number of amidine groups is 1. The summed E-state index contributed by atoms with van der Waals surface area (Å²) in [7, 11) is -3.44. The maximum absolute atomic E-state index is 12.1. The SMILES string of the molecule is CCCc1ccc(S(=O)(=O)NCCC2=NCC=N2)cc1. The molecule has 0 aromatic heterocycles. The van der Waals surface area contributed by atoms with Crippen molar-refractivity contribution in [1.29, 1.82) is 0 Å². The summed E-state index contributed by atoms with van der Waals surface area (Å²) in [5, 5.41) is 0. The molecule has 0 saturated carbocycles. The predicted molar refractivity (Wildman–Crippen MR) is 81.0 cm³/mol. The molecule has 0 amide bonds. The van der Waals surface area contributed by atoms with Gasteiger partial charge in [-0.05, 0) is 24.1 Å². The van der Waals surface area contributed by atoms with Gasteiger partial charge in [-0.1, -0.05) is 25.5 Å². The molecule has 2 rings (SSSR count). The molecule has 0 atom stereocenters. The first kappa shape index (κ1) is 14.9. The molecule has 0 aliphatic carbocycles. The lowest BCUT2D eigenvalue weighted by Crippen LogP contribution is -2.26. The maximum atomic E-state index is 12.1. The molecular formula is C14H19N3O2S. The highest BCUT2D eigenvalue weighted by Gasteiger charge is 2.13. The van der Waals surface area contributed by atoms with Crippen molar-refractivity contribution in [3.8, 4) is 0 Å². The summed E-state index contributed by atoms with van der Waals surface area (Å²) in [6, 6.07) is 7.03. The van der Waals surface area contributed by atoms with E-state index in [0.717, 1.165) is 18.4 Å². The Balaban J connectivity index is 1.93. The minimum Gasteiger partial charge on any atom is -0.265 e. The van der Waals surface area contributed by atoms with E-state index in [2.05, 4.69) is 21.6 Å². The fraction of sp³-hybridized carbons (Fsp3) is 0.429. The second kappa shape index (κ2) is 6.76. The molecule has 1 N–H and O–H groups in total. The third-order valence-electron chi connectivity index (χ3n) is 3.01. The van der Waals surface area contributed by atoms with Crippen LogP contribution in [0.5, 0.6) is 0 Å². The molecule has 108 valence electrons. The first-order valence-electron chi connectivity index (χ1n) is 6.76. The van der Waals surface area contributed by atoms with Crippen LogP contribution in [-0.4, -0.2) is 33.6 Å². The van der Waals surface area contributed by atoms with Gasteiger partial charge in [0.1, 0.15) is 5.84 Å². The second-order valence-corrected chi connectivity index (χ2v) is 6.38. The average molecular weight is 293 g/mol. The van der Waals surface area contributed by atoms with Gasteiger partial charge in [0, 0.05) is 19.2 Å². The van der Waals surface area contributed by atoms with E-state index in [0.29, 0.717) is 30.2 Å².